The molecule has 1 aromatic rings. The summed E-state index contributed by atoms with van der Waals surface area (Å²) in [6, 6.07) is 1.98. The fourth-order valence-electron chi connectivity index (χ4n) is 2.24. The third-order valence-corrected chi connectivity index (χ3v) is 3.57. The molecule has 1 aromatic heterocycles. The monoisotopic (exact) mass is 263 g/mol. The maximum atomic E-state index is 12.0. The lowest BCUT2D eigenvalue weighted by molar-refractivity contribution is 0.0882. The van der Waals surface area contributed by atoms with Crippen LogP contribution in [0.1, 0.15) is 10.4 Å². The van der Waals surface area contributed by atoms with Crippen LogP contribution in [0.15, 0.2) is 18.5 Å². The van der Waals surface area contributed by atoms with Gasteiger partial charge < -0.3 is 16.0 Å². The first-order chi connectivity index (χ1) is 9.08. The lowest BCUT2D eigenvalue weighted by Crippen LogP contribution is -2.54. The second-order valence-electron chi connectivity index (χ2n) is 5.07. The maximum absolute atomic E-state index is 12.0. The molecule has 19 heavy (non-hydrogen) atoms. The summed E-state index contributed by atoms with van der Waals surface area (Å²) in [6.45, 7) is 3.68. The number of rotatable bonds is 3. The molecule has 1 fully saturated rings. The van der Waals surface area contributed by atoms with Crippen LogP contribution in [0.25, 0.3) is 0 Å². The van der Waals surface area contributed by atoms with Gasteiger partial charge in [0.25, 0.3) is 5.91 Å². The minimum absolute atomic E-state index is 0.137. The summed E-state index contributed by atoms with van der Waals surface area (Å²) in [6.07, 6.45) is 3.07. The highest BCUT2D eigenvalue weighted by Crippen LogP contribution is 2.09. The topological polar surface area (TPSA) is 74.5 Å². The standard InChI is InChI=1S/C13H21N5O/c1-17-5-6-18(2)10(9-17)7-16-13(19)11-3-4-15-8-12(11)14/h3-4,8,10H,5-7,9,14H2,1-2H3,(H,16,19). The number of hydrogen-bond acceptors (Lipinski definition) is 5. The van der Waals surface area contributed by atoms with Crippen LogP contribution in [0.3, 0.4) is 0 Å². The Bertz CT molecular complexity index is 450. The minimum Gasteiger partial charge on any atom is -0.397 e. The van der Waals surface area contributed by atoms with Crippen molar-refractivity contribution in [3.63, 3.8) is 0 Å². The number of hydrogen-bond donors (Lipinski definition) is 2. The number of carbonyl (C=O) groups excluding carboxylic acids is 1. The fourth-order valence-corrected chi connectivity index (χ4v) is 2.24. The molecule has 1 atom stereocenters. The van der Waals surface area contributed by atoms with Gasteiger partial charge in [-0.1, -0.05) is 0 Å². The third kappa shape index (κ3) is 3.42. The number of aromatic nitrogens is 1. The Labute approximate surface area is 113 Å². The van der Waals surface area contributed by atoms with Gasteiger partial charge in [-0.25, -0.2) is 0 Å². The van der Waals surface area contributed by atoms with Gasteiger partial charge in [-0.05, 0) is 20.2 Å². The van der Waals surface area contributed by atoms with E-state index in [1.807, 2.05) is 0 Å². The van der Waals surface area contributed by atoms with E-state index in [0.717, 1.165) is 19.6 Å². The first-order valence-electron chi connectivity index (χ1n) is 6.44. The number of pyridine rings is 1. The number of piperazine rings is 1. The van der Waals surface area contributed by atoms with Gasteiger partial charge in [-0.2, -0.15) is 0 Å². The van der Waals surface area contributed by atoms with Gasteiger partial charge in [0.1, 0.15) is 0 Å². The molecule has 2 heterocycles. The van der Waals surface area contributed by atoms with Crippen molar-refractivity contribution >= 4 is 11.6 Å². The van der Waals surface area contributed by atoms with Crippen LogP contribution in [0, 0.1) is 0 Å². The lowest BCUT2D eigenvalue weighted by Gasteiger charge is -2.37. The number of carbonyl (C=O) groups is 1. The van der Waals surface area contributed by atoms with E-state index in [1.54, 1.807) is 12.3 Å². The van der Waals surface area contributed by atoms with Crippen molar-refractivity contribution in [3.05, 3.63) is 24.0 Å². The summed E-state index contributed by atoms with van der Waals surface area (Å²) in [5.74, 6) is -0.137. The molecule has 1 aliphatic rings. The molecular weight excluding hydrogens is 242 g/mol. The predicted molar refractivity (Wildman–Crippen MR) is 74.9 cm³/mol. The smallest absolute Gasteiger partial charge is 0.253 e. The second kappa shape index (κ2) is 5.99. The van der Waals surface area contributed by atoms with Gasteiger partial charge in [0, 0.05) is 38.4 Å². The first kappa shape index (κ1) is 13.8. The van der Waals surface area contributed by atoms with Crippen LogP contribution < -0.4 is 11.1 Å². The SMILES string of the molecule is CN1CCN(C)C(CNC(=O)c2ccncc2N)C1. The van der Waals surface area contributed by atoms with E-state index in [9.17, 15) is 4.79 Å². The molecule has 1 aliphatic heterocycles. The molecular formula is C13H21N5O. The van der Waals surface area contributed by atoms with Crippen LogP contribution >= 0.6 is 0 Å². The molecule has 0 aliphatic carbocycles. The van der Waals surface area contributed by atoms with Gasteiger partial charge in [-0.15, -0.1) is 0 Å². The van der Waals surface area contributed by atoms with Gasteiger partial charge in [0.05, 0.1) is 17.4 Å². The Kier molecular flexibility index (Phi) is 4.34. The molecule has 2 rings (SSSR count). The van der Waals surface area contributed by atoms with Crippen LogP contribution in [-0.2, 0) is 0 Å². The lowest BCUT2D eigenvalue weighted by atomic mass is 10.1. The highest BCUT2D eigenvalue weighted by molar-refractivity contribution is 5.98. The van der Waals surface area contributed by atoms with Crippen molar-refractivity contribution < 1.29 is 4.79 Å². The third-order valence-electron chi connectivity index (χ3n) is 3.57. The molecule has 6 heteroatoms. The van der Waals surface area contributed by atoms with E-state index in [2.05, 4.69) is 34.2 Å². The molecule has 1 unspecified atom stereocenters. The molecule has 3 N–H and O–H groups in total. The summed E-state index contributed by atoms with van der Waals surface area (Å²) >= 11 is 0. The molecule has 104 valence electrons. The van der Waals surface area contributed by atoms with E-state index in [-0.39, 0.29) is 5.91 Å². The van der Waals surface area contributed by atoms with Crippen LogP contribution in [0.4, 0.5) is 5.69 Å². The van der Waals surface area contributed by atoms with Crippen molar-refractivity contribution in [3.8, 4) is 0 Å². The summed E-state index contributed by atoms with van der Waals surface area (Å²) < 4.78 is 0. The van der Waals surface area contributed by atoms with E-state index < -0.39 is 0 Å². The number of nitrogens with one attached hydrogen (secondary N) is 1. The van der Waals surface area contributed by atoms with Crippen molar-refractivity contribution in [1.82, 2.24) is 20.1 Å². The minimum atomic E-state index is -0.137. The average Bonchev–Trinajstić information content (AvgIpc) is 2.40. The molecule has 0 aromatic carbocycles. The molecule has 6 nitrogen and oxygen atoms in total. The van der Waals surface area contributed by atoms with Crippen molar-refractivity contribution in [2.45, 2.75) is 6.04 Å². The largest absolute Gasteiger partial charge is 0.397 e. The number of anilines is 1. The summed E-state index contributed by atoms with van der Waals surface area (Å²) in [5.41, 5.74) is 6.64. The molecule has 1 amide bonds. The van der Waals surface area contributed by atoms with Crippen LogP contribution in [-0.4, -0.2) is 67.0 Å². The molecule has 0 saturated carbocycles. The van der Waals surface area contributed by atoms with Gasteiger partial charge in [0.2, 0.25) is 0 Å². The number of likely N-dealkylation sites (N-methyl/N-ethyl adjacent to an activating group) is 2. The van der Waals surface area contributed by atoms with Crippen molar-refractivity contribution in [1.29, 1.82) is 0 Å². The normalized spacial score (nSPS) is 21.3. The summed E-state index contributed by atoms with van der Waals surface area (Å²) in [4.78, 5) is 20.5. The van der Waals surface area contributed by atoms with E-state index in [0.29, 0.717) is 23.8 Å². The predicted octanol–water partition coefficient (Wildman–Crippen LogP) is -0.361. The van der Waals surface area contributed by atoms with Crippen LogP contribution in [0.2, 0.25) is 0 Å². The van der Waals surface area contributed by atoms with Gasteiger partial charge in [-0.3, -0.25) is 14.7 Å². The number of nitrogens with zero attached hydrogens (tertiary/aromatic N) is 3. The maximum Gasteiger partial charge on any atom is 0.253 e. The highest BCUT2D eigenvalue weighted by atomic mass is 16.1. The Morgan fingerprint density at radius 1 is 1.53 bits per heavy atom. The highest BCUT2D eigenvalue weighted by Gasteiger charge is 2.22. The fraction of sp³-hybridized carbons (Fsp3) is 0.538. The van der Waals surface area contributed by atoms with Gasteiger partial charge >= 0.3 is 0 Å². The summed E-state index contributed by atoms with van der Waals surface area (Å²) in [7, 11) is 4.19. The van der Waals surface area contributed by atoms with E-state index in [4.69, 9.17) is 5.73 Å². The van der Waals surface area contributed by atoms with Crippen LogP contribution in [0.5, 0.6) is 0 Å². The Morgan fingerprint density at radius 3 is 3.05 bits per heavy atom. The molecule has 1 saturated heterocycles. The number of nitrogens with two attached hydrogens (primary N) is 1. The van der Waals surface area contributed by atoms with E-state index >= 15 is 0 Å². The molecule has 0 spiro atoms. The summed E-state index contributed by atoms with van der Waals surface area (Å²) in [5, 5.41) is 2.95. The molecule has 0 bridgehead atoms. The zero-order chi connectivity index (χ0) is 13.8. The second-order valence-corrected chi connectivity index (χ2v) is 5.07. The Hall–Kier alpha value is -1.66. The van der Waals surface area contributed by atoms with Crippen molar-refractivity contribution in [2.24, 2.45) is 0 Å². The zero-order valence-electron chi connectivity index (χ0n) is 11.5. The van der Waals surface area contributed by atoms with E-state index in [1.165, 1.54) is 6.20 Å². The zero-order valence-corrected chi connectivity index (χ0v) is 11.5. The first-order valence-corrected chi connectivity index (χ1v) is 6.44. The van der Waals surface area contributed by atoms with Gasteiger partial charge in [0.15, 0.2) is 0 Å². The van der Waals surface area contributed by atoms with Crippen molar-refractivity contribution in [2.75, 3.05) is 46.0 Å². The Balaban J connectivity index is 1.91. The number of amides is 1. The number of nitrogen functional groups attached to an aromatic ring is 1. The Morgan fingerprint density at radius 2 is 2.32 bits per heavy atom. The molecule has 0 radical (unpaired) electrons. The average molecular weight is 263 g/mol. The quantitative estimate of drug-likeness (QED) is 0.779.